The van der Waals surface area contributed by atoms with Crippen LogP contribution in [-0.4, -0.2) is 23.7 Å². The topological polar surface area (TPSA) is 49.3 Å². The minimum absolute atomic E-state index is 0.0290. The van der Waals surface area contributed by atoms with Crippen LogP contribution in [0.15, 0.2) is 36.4 Å². The number of hydrogen-bond acceptors (Lipinski definition) is 2. The first-order valence-corrected chi connectivity index (χ1v) is 8.38. The van der Waals surface area contributed by atoms with E-state index in [0.29, 0.717) is 5.02 Å². The fraction of sp³-hybridized carbons (Fsp3) is 0.500. The van der Waals surface area contributed by atoms with Crippen LogP contribution >= 0.6 is 11.6 Å². The van der Waals surface area contributed by atoms with E-state index >= 15 is 0 Å². The molecule has 2 aliphatic carbocycles. The quantitative estimate of drug-likeness (QED) is 0.837. The Bertz CT molecular complexity index is 578. The fourth-order valence-electron chi connectivity index (χ4n) is 3.74. The summed E-state index contributed by atoms with van der Waals surface area (Å²) in [6, 6.07) is 7.73. The van der Waals surface area contributed by atoms with Gasteiger partial charge in [-0.15, -0.1) is 0 Å². The van der Waals surface area contributed by atoms with Gasteiger partial charge in [0.2, 0.25) is 5.91 Å². The molecule has 2 atom stereocenters. The minimum Gasteiger partial charge on any atom is -0.396 e. The number of halogens is 1. The van der Waals surface area contributed by atoms with Crippen molar-refractivity contribution in [2.75, 3.05) is 6.61 Å². The molecule has 1 fully saturated rings. The highest BCUT2D eigenvalue weighted by Crippen LogP contribution is 2.42. The summed E-state index contributed by atoms with van der Waals surface area (Å²) in [5.41, 5.74) is 0.575. The molecule has 1 aromatic carbocycles. The lowest BCUT2D eigenvalue weighted by Crippen LogP contribution is -2.46. The van der Waals surface area contributed by atoms with Crippen molar-refractivity contribution in [3.8, 4) is 0 Å². The van der Waals surface area contributed by atoms with Gasteiger partial charge in [-0.3, -0.25) is 4.79 Å². The van der Waals surface area contributed by atoms with Crippen LogP contribution in [0.5, 0.6) is 0 Å². The number of carbonyl (C=O) groups excluding carboxylic acids is 1. The maximum absolute atomic E-state index is 13.0. The van der Waals surface area contributed by atoms with Crippen molar-refractivity contribution in [2.24, 2.45) is 5.92 Å². The van der Waals surface area contributed by atoms with E-state index in [2.05, 4.69) is 5.32 Å². The first-order chi connectivity index (χ1) is 10.6. The van der Waals surface area contributed by atoms with E-state index in [4.69, 9.17) is 11.6 Å². The van der Waals surface area contributed by atoms with Gasteiger partial charge in [0.25, 0.3) is 0 Å². The Morgan fingerprint density at radius 2 is 2.09 bits per heavy atom. The molecule has 0 spiro atoms. The van der Waals surface area contributed by atoms with Crippen molar-refractivity contribution in [3.05, 3.63) is 47.0 Å². The third kappa shape index (κ3) is 2.92. The van der Waals surface area contributed by atoms with Crippen molar-refractivity contribution in [3.63, 3.8) is 0 Å². The third-order valence-corrected chi connectivity index (χ3v) is 5.23. The summed E-state index contributed by atoms with van der Waals surface area (Å²) in [6.07, 6.45) is 8.66. The van der Waals surface area contributed by atoms with Crippen molar-refractivity contribution in [2.45, 2.75) is 43.6 Å². The van der Waals surface area contributed by atoms with E-state index in [1.165, 1.54) is 0 Å². The zero-order valence-electron chi connectivity index (χ0n) is 12.6. The Kier molecular flexibility index (Phi) is 4.55. The number of rotatable bonds is 4. The fourth-order valence-corrected chi connectivity index (χ4v) is 3.93. The first-order valence-electron chi connectivity index (χ1n) is 8.00. The second kappa shape index (κ2) is 6.43. The van der Waals surface area contributed by atoms with Gasteiger partial charge in [0, 0.05) is 23.6 Å². The maximum atomic E-state index is 13.0. The Morgan fingerprint density at radius 3 is 2.73 bits per heavy atom. The summed E-state index contributed by atoms with van der Waals surface area (Å²) < 4.78 is 0. The molecule has 4 heteroatoms. The van der Waals surface area contributed by atoms with Gasteiger partial charge in [-0.05, 0) is 37.0 Å². The highest BCUT2D eigenvalue weighted by atomic mass is 35.5. The van der Waals surface area contributed by atoms with E-state index in [-0.39, 0.29) is 24.5 Å². The van der Waals surface area contributed by atoms with Crippen LogP contribution in [0.2, 0.25) is 5.02 Å². The highest BCUT2D eigenvalue weighted by Gasteiger charge is 2.43. The molecule has 0 unspecified atom stereocenters. The van der Waals surface area contributed by atoms with E-state index in [9.17, 15) is 9.90 Å². The van der Waals surface area contributed by atoms with Crippen LogP contribution in [0.25, 0.3) is 0 Å². The van der Waals surface area contributed by atoms with Crippen molar-refractivity contribution < 1.29 is 9.90 Å². The van der Waals surface area contributed by atoms with E-state index < -0.39 is 5.41 Å². The van der Waals surface area contributed by atoms with Gasteiger partial charge in [-0.1, -0.05) is 48.7 Å². The average Bonchev–Trinajstić information content (AvgIpc) is 3.17. The number of aliphatic hydroxyl groups excluding tert-OH is 1. The lowest BCUT2D eigenvalue weighted by Gasteiger charge is -2.30. The molecule has 0 aromatic heterocycles. The summed E-state index contributed by atoms with van der Waals surface area (Å²) in [6.45, 7) is 0.141. The lowest BCUT2D eigenvalue weighted by atomic mass is 9.77. The predicted octanol–water partition coefficient (Wildman–Crippen LogP) is 3.21. The second-order valence-electron chi connectivity index (χ2n) is 6.44. The molecule has 0 bridgehead atoms. The van der Waals surface area contributed by atoms with Crippen molar-refractivity contribution in [1.82, 2.24) is 5.32 Å². The zero-order chi connectivity index (χ0) is 15.6. The molecule has 118 valence electrons. The van der Waals surface area contributed by atoms with Gasteiger partial charge < -0.3 is 10.4 Å². The van der Waals surface area contributed by atoms with Crippen LogP contribution in [0.4, 0.5) is 0 Å². The number of nitrogens with one attached hydrogen (secondary N) is 1. The summed E-state index contributed by atoms with van der Waals surface area (Å²) in [7, 11) is 0. The molecule has 1 aromatic rings. The van der Waals surface area contributed by atoms with E-state index in [1.807, 2.05) is 36.4 Å². The lowest BCUT2D eigenvalue weighted by molar-refractivity contribution is -0.127. The SMILES string of the molecule is O=C(N[C@@H]1C=C[C@H](CO)C1)C1(c2cccc(Cl)c2)CCCC1. The summed E-state index contributed by atoms with van der Waals surface area (Å²) in [5, 5.41) is 13.1. The first kappa shape index (κ1) is 15.6. The summed E-state index contributed by atoms with van der Waals surface area (Å²) in [4.78, 5) is 13.0. The molecule has 22 heavy (non-hydrogen) atoms. The third-order valence-electron chi connectivity index (χ3n) is 4.99. The Hall–Kier alpha value is -1.32. The number of amides is 1. The van der Waals surface area contributed by atoms with Crippen LogP contribution in [0.1, 0.15) is 37.7 Å². The Labute approximate surface area is 136 Å². The normalized spacial score (nSPS) is 26.3. The maximum Gasteiger partial charge on any atom is 0.231 e. The molecule has 0 radical (unpaired) electrons. The summed E-state index contributed by atoms with van der Waals surface area (Å²) in [5.74, 6) is 0.261. The molecule has 3 rings (SSSR count). The zero-order valence-corrected chi connectivity index (χ0v) is 13.4. The smallest absolute Gasteiger partial charge is 0.231 e. The monoisotopic (exact) mass is 319 g/mol. The Morgan fingerprint density at radius 1 is 1.32 bits per heavy atom. The minimum atomic E-state index is -0.448. The largest absolute Gasteiger partial charge is 0.396 e. The molecule has 3 nitrogen and oxygen atoms in total. The van der Waals surface area contributed by atoms with Crippen LogP contribution < -0.4 is 5.32 Å². The van der Waals surface area contributed by atoms with Crippen LogP contribution in [-0.2, 0) is 10.2 Å². The molecule has 0 heterocycles. The van der Waals surface area contributed by atoms with Crippen LogP contribution in [0, 0.1) is 5.92 Å². The molecule has 1 saturated carbocycles. The van der Waals surface area contributed by atoms with Gasteiger partial charge in [0.15, 0.2) is 0 Å². The number of benzene rings is 1. The molecule has 2 aliphatic rings. The number of aliphatic hydroxyl groups is 1. The van der Waals surface area contributed by atoms with Gasteiger partial charge in [0.05, 0.1) is 5.41 Å². The molecule has 2 N–H and O–H groups in total. The van der Waals surface area contributed by atoms with Gasteiger partial charge in [-0.25, -0.2) is 0 Å². The van der Waals surface area contributed by atoms with E-state index in [0.717, 1.165) is 37.7 Å². The van der Waals surface area contributed by atoms with Crippen LogP contribution in [0.3, 0.4) is 0 Å². The van der Waals surface area contributed by atoms with E-state index in [1.54, 1.807) is 0 Å². The highest BCUT2D eigenvalue weighted by molar-refractivity contribution is 6.30. The number of hydrogen-bond donors (Lipinski definition) is 2. The predicted molar refractivity (Wildman–Crippen MR) is 87.9 cm³/mol. The van der Waals surface area contributed by atoms with Crippen molar-refractivity contribution >= 4 is 17.5 Å². The average molecular weight is 320 g/mol. The second-order valence-corrected chi connectivity index (χ2v) is 6.88. The Balaban J connectivity index is 1.79. The standard InChI is InChI=1S/C18H22ClNO2/c19-15-5-3-4-14(11-15)18(8-1-2-9-18)17(22)20-16-7-6-13(10-16)12-21/h3-7,11,13,16,21H,1-2,8-10,12H2,(H,20,22)/t13-,16+/m0/s1. The van der Waals surface area contributed by atoms with Crippen molar-refractivity contribution in [1.29, 1.82) is 0 Å². The molecule has 1 amide bonds. The molecular formula is C18H22ClNO2. The van der Waals surface area contributed by atoms with Gasteiger partial charge >= 0.3 is 0 Å². The molecule has 0 saturated heterocycles. The van der Waals surface area contributed by atoms with Gasteiger partial charge in [-0.2, -0.15) is 0 Å². The molecular weight excluding hydrogens is 298 g/mol. The molecule has 0 aliphatic heterocycles. The van der Waals surface area contributed by atoms with Gasteiger partial charge in [0.1, 0.15) is 0 Å². The summed E-state index contributed by atoms with van der Waals surface area (Å²) >= 11 is 6.13. The number of carbonyl (C=O) groups is 1.